The van der Waals surface area contributed by atoms with Crippen molar-refractivity contribution in [3.05, 3.63) is 74.8 Å². The first-order valence-corrected chi connectivity index (χ1v) is 13.0. The number of carbonyl (C=O) groups excluding carboxylic acids is 2. The Balaban J connectivity index is 1.26. The maximum Gasteiger partial charge on any atom is 0.261 e. The van der Waals surface area contributed by atoms with Gasteiger partial charge in [-0.2, -0.15) is 5.26 Å². The summed E-state index contributed by atoms with van der Waals surface area (Å²) in [7, 11) is 1.65. The second kappa shape index (κ2) is 10.9. The average Bonchev–Trinajstić information content (AvgIpc) is 2.89. The van der Waals surface area contributed by atoms with Crippen LogP contribution in [0.15, 0.2) is 47.5 Å². The number of halogens is 1. The molecule has 0 radical (unpaired) electrons. The van der Waals surface area contributed by atoms with Crippen LogP contribution in [0.5, 0.6) is 0 Å². The lowest BCUT2D eigenvalue weighted by Gasteiger charge is -2.36. The van der Waals surface area contributed by atoms with E-state index in [4.69, 9.17) is 21.6 Å². The Kier molecular flexibility index (Phi) is 7.45. The summed E-state index contributed by atoms with van der Waals surface area (Å²) in [6.07, 6.45) is 3.56. The molecule has 2 saturated heterocycles. The highest BCUT2D eigenvalue weighted by Gasteiger charge is 2.33. The van der Waals surface area contributed by atoms with E-state index in [1.54, 1.807) is 25.2 Å². The zero-order valence-corrected chi connectivity index (χ0v) is 21.9. The van der Waals surface area contributed by atoms with Gasteiger partial charge in [-0.25, -0.2) is 4.98 Å². The standard InChI is InChI=1S/C28H28ClN5O4/c1-32(15-18-2-3-21(14-30)23(29)12-18)26(35)16-34-17-31-24-5-4-20(13-22(24)27(34)36)19-6-9-33(10-7-19)28(37)25-8-11-38-25/h2-5,12-13,17,19,25H,6-11,15-16H2,1H3. The molecule has 2 aliphatic heterocycles. The number of hydrogen-bond donors (Lipinski definition) is 0. The molecule has 2 aromatic carbocycles. The van der Waals surface area contributed by atoms with E-state index in [1.807, 2.05) is 29.2 Å². The number of fused-ring (bicyclic) bond motifs is 1. The van der Waals surface area contributed by atoms with Gasteiger partial charge in [0.05, 0.1) is 34.4 Å². The fraction of sp³-hybridized carbons (Fsp3) is 0.393. The third-order valence-electron chi connectivity index (χ3n) is 7.41. The van der Waals surface area contributed by atoms with Crippen molar-refractivity contribution in [1.82, 2.24) is 19.4 Å². The number of ether oxygens (including phenoxy) is 1. The van der Waals surface area contributed by atoms with E-state index in [9.17, 15) is 14.4 Å². The summed E-state index contributed by atoms with van der Waals surface area (Å²) in [6.45, 7) is 2.14. The van der Waals surface area contributed by atoms with Crippen molar-refractivity contribution in [3.63, 3.8) is 0 Å². The van der Waals surface area contributed by atoms with Crippen LogP contribution in [0.2, 0.25) is 5.02 Å². The van der Waals surface area contributed by atoms with Crippen LogP contribution in [0.25, 0.3) is 10.9 Å². The molecule has 0 saturated carbocycles. The number of likely N-dealkylation sites (N-methyl/N-ethyl adjacent to an activating group) is 1. The molecule has 10 heteroatoms. The van der Waals surface area contributed by atoms with Gasteiger partial charge in [0, 0.05) is 33.1 Å². The molecule has 0 spiro atoms. The molecule has 2 amide bonds. The van der Waals surface area contributed by atoms with Gasteiger partial charge >= 0.3 is 0 Å². The monoisotopic (exact) mass is 533 g/mol. The molecule has 0 N–H and O–H groups in total. The van der Waals surface area contributed by atoms with E-state index in [2.05, 4.69) is 4.98 Å². The number of benzene rings is 2. The van der Waals surface area contributed by atoms with Gasteiger partial charge in [0.25, 0.3) is 11.5 Å². The summed E-state index contributed by atoms with van der Waals surface area (Å²) < 4.78 is 6.67. The smallest absolute Gasteiger partial charge is 0.261 e. The van der Waals surface area contributed by atoms with Crippen molar-refractivity contribution < 1.29 is 14.3 Å². The fourth-order valence-electron chi connectivity index (χ4n) is 4.99. The summed E-state index contributed by atoms with van der Waals surface area (Å²) in [5, 5.41) is 9.85. The molecule has 2 fully saturated rings. The molecule has 3 aromatic rings. The number of nitrogens with zero attached hydrogens (tertiary/aromatic N) is 5. The maximum atomic E-state index is 13.3. The Morgan fingerprint density at radius 3 is 2.61 bits per heavy atom. The van der Waals surface area contributed by atoms with Crippen molar-refractivity contribution >= 4 is 34.3 Å². The zero-order valence-electron chi connectivity index (χ0n) is 21.1. The van der Waals surface area contributed by atoms with Gasteiger partial charge in [-0.15, -0.1) is 0 Å². The lowest BCUT2D eigenvalue weighted by atomic mass is 9.88. The number of carbonyl (C=O) groups is 2. The molecule has 0 bridgehead atoms. The molecule has 1 atom stereocenters. The third kappa shape index (κ3) is 5.28. The van der Waals surface area contributed by atoms with Gasteiger partial charge in [0.2, 0.25) is 5.91 Å². The molecule has 3 heterocycles. The lowest BCUT2D eigenvalue weighted by Crippen LogP contribution is -2.48. The first kappa shape index (κ1) is 25.9. The summed E-state index contributed by atoms with van der Waals surface area (Å²) >= 11 is 6.11. The average molecular weight is 534 g/mol. The van der Waals surface area contributed by atoms with Crippen molar-refractivity contribution in [2.45, 2.75) is 44.4 Å². The van der Waals surface area contributed by atoms with E-state index in [1.165, 1.54) is 15.8 Å². The second-order valence-electron chi connectivity index (χ2n) is 9.88. The first-order chi connectivity index (χ1) is 18.3. The number of rotatable bonds is 6. The summed E-state index contributed by atoms with van der Waals surface area (Å²) in [4.78, 5) is 46.4. The highest BCUT2D eigenvalue weighted by molar-refractivity contribution is 6.31. The molecule has 38 heavy (non-hydrogen) atoms. The van der Waals surface area contributed by atoms with Gasteiger partial charge in [-0.05, 0) is 54.2 Å². The van der Waals surface area contributed by atoms with Gasteiger partial charge in [-0.3, -0.25) is 19.0 Å². The molecule has 1 aromatic heterocycles. The summed E-state index contributed by atoms with van der Waals surface area (Å²) in [5.41, 5.74) is 2.51. The normalized spacial score (nSPS) is 17.6. The maximum absolute atomic E-state index is 13.3. The third-order valence-corrected chi connectivity index (χ3v) is 7.72. The molecule has 0 aliphatic carbocycles. The van der Waals surface area contributed by atoms with Crippen LogP contribution in [0, 0.1) is 11.3 Å². The zero-order chi connectivity index (χ0) is 26.8. The van der Waals surface area contributed by atoms with Gasteiger partial charge in [0.15, 0.2) is 0 Å². The largest absolute Gasteiger partial charge is 0.368 e. The Bertz CT molecular complexity index is 1480. The molecular weight excluding hydrogens is 506 g/mol. The Morgan fingerprint density at radius 1 is 1.18 bits per heavy atom. The minimum absolute atomic E-state index is 0.0808. The molecular formula is C28H28ClN5O4. The molecule has 5 rings (SSSR count). The van der Waals surface area contributed by atoms with Gasteiger partial charge < -0.3 is 14.5 Å². The van der Waals surface area contributed by atoms with E-state index in [-0.39, 0.29) is 42.5 Å². The van der Waals surface area contributed by atoms with E-state index < -0.39 is 0 Å². The van der Waals surface area contributed by atoms with Crippen molar-refractivity contribution in [1.29, 1.82) is 5.26 Å². The quantitative estimate of drug-likeness (QED) is 0.482. The topological polar surface area (TPSA) is 109 Å². The van der Waals surface area contributed by atoms with Crippen LogP contribution in [0.4, 0.5) is 0 Å². The van der Waals surface area contributed by atoms with Gasteiger partial charge in [-0.1, -0.05) is 23.7 Å². The van der Waals surface area contributed by atoms with Crippen LogP contribution in [-0.4, -0.2) is 64.0 Å². The Hall–Kier alpha value is -3.74. The van der Waals surface area contributed by atoms with Crippen molar-refractivity contribution in [2.75, 3.05) is 26.7 Å². The van der Waals surface area contributed by atoms with Crippen molar-refractivity contribution in [2.24, 2.45) is 0 Å². The molecule has 2 aliphatic rings. The van der Waals surface area contributed by atoms with Crippen LogP contribution in [0.1, 0.15) is 41.9 Å². The summed E-state index contributed by atoms with van der Waals surface area (Å²) in [6, 6.07) is 12.8. The predicted octanol–water partition coefficient (Wildman–Crippen LogP) is 3.08. The SMILES string of the molecule is CN(Cc1ccc(C#N)c(Cl)c1)C(=O)Cn1cnc2ccc(C3CCN(C(=O)C4CCO4)CC3)cc2c1=O. The molecule has 9 nitrogen and oxygen atoms in total. The number of nitriles is 1. The minimum atomic E-state index is -0.277. The van der Waals surface area contributed by atoms with Crippen LogP contribution < -0.4 is 5.56 Å². The van der Waals surface area contributed by atoms with E-state index >= 15 is 0 Å². The van der Waals surface area contributed by atoms with Crippen molar-refractivity contribution in [3.8, 4) is 6.07 Å². The first-order valence-electron chi connectivity index (χ1n) is 12.7. The van der Waals surface area contributed by atoms with E-state index in [0.717, 1.165) is 30.4 Å². The van der Waals surface area contributed by atoms with Gasteiger partial charge in [0.1, 0.15) is 18.7 Å². The number of piperidine rings is 1. The Morgan fingerprint density at radius 2 is 1.95 bits per heavy atom. The minimum Gasteiger partial charge on any atom is -0.368 e. The second-order valence-corrected chi connectivity index (χ2v) is 10.3. The molecule has 1 unspecified atom stereocenters. The van der Waals surface area contributed by atoms with Crippen LogP contribution in [-0.2, 0) is 27.4 Å². The number of likely N-dealkylation sites (tertiary alicyclic amines) is 1. The fourth-order valence-corrected chi connectivity index (χ4v) is 5.23. The number of amides is 2. The van der Waals surface area contributed by atoms with E-state index in [0.29, 0.717) is 41.2 Å². The summed E-state index contributed by atoms with van der Waals surface area (Å²) in [5.74, 6) is 0.0698. The number of hydrogen-bond acceptors (Lipinski definition) is 6. The highest BCUT2D eigenvalue weighted by atomic mass is 35.5. The highest BCUT2D eigenvalue weighted by Crippen LogP contribution is 2.30. The van der Waals surface area contributed by atoms with Crippen LogP contribution >= 0.6 is 11.6 Å². The lowest BCUT2D eigenvalue weighted by molar-refractivity contribution is -0.157. The predicted molar refractivity (Wildman–Crippen MR) is 142 cm³/mol. The molecule has 196 valence electrons. The Labute approximate surface area is 225 Å². The van der Waals surface area contributed by atoms with Crippen LogP contribution in [0.3, 0.4) is 0 Å². The number of aromatic nitrogens is 2.